The molecule has 1 unspecified atom stereocenters. The second-order valence-corrected chi connectivity index (χ2v) is 5.30. The molecule has 2 nitrogen and oxygen atoms in total. The molecule has 0 amide bonds. The van der Waals surface area contributed by atoms with Crippen molar-refractivity contribution in [2.24, 2.45) is 0 Å². The Hall–Kier alpha value is -0.940. The normalized spacial score (nSPS) is 12.4. The molecule has 1 aromatic carbocycles. The van der Waals surface area contributed by atoms with Crippen molar-refractivity contribution in [1.29, 1.82) is 0 Å². The lowest BCUT2D eigenvalue weighted by atomic mass is 10.1. The number of methoxy groups -OCH3 is 1. The number of benzene rings is 1. The smallest absolute Gasteiger partial charge is 0.175 e. The third-order valence-electron chi connectivity index (χ3n) is 2.43. The first-order chi connectivity index (χ1) is 8.56. The molecule has 5 heteroatoms. The topological polar surface area (TPSA) is 26.3 Å². The van der Waals surface area contributed by atoms with Crippen LogP contribution in [0.3, 0.4) is 0 Å². The molecule has 0 aliphatic heterocycles. The highest BCUT2D eigenvalue weighted by molar-refractivity contribution is 8.00. The average Bonchev–Trinajstić information content (AvgIpc) is 2.37. The lowest BCUT2D eigenvalue weighted by Gasteiger charge is -2.10. The van der Waals surface area contributed by atoms with E-state index in [0.717, 1.165) is 24.3 Å². The summed E-state index contributed by atoms with van der Waals surface area (Å²) >= 11 is 1.48. The van der Waals surface area contributed by atoms with Gasteiger partial charge >= 0.3 is 0 Å². The van der Waals surface area contributed by atoms with Crippen LogP contribution in [0.4, 0.5) is 8.78 Å². The second kappa shape index (κ2) is 7.48. The number of ketones is 1. The molecule has 0 aromatic heterocycles. The minimum atomic E-state index is -0.988. The maximum absolute atomic E-state index is 13.0. The monoisotopic (exact) mass is 274 g/mol. The quantitative estimate of drug-likeness (QED) is 0.563. The third kappa shape index (κ3) is 4.38. The van der Waals surface area contributed by atoms with E-state index in [9.17, 15) is 13.6 Å². The van der Waals surface area contributed by atoms with Crippen molar-refractivity contribution in [1.82, 2.24) is 0 Å². The van der Waals surface area contributed by atoms with Gasteiger partial charge in [0.1, 0.15) is 0 Å². The average molecular weight is 274 g/mol. The van der Waals surface area contributed by atoms with Crippen LogP contribution in [0.2, 0.25) is 0 Å². The number of carbonyl (C=O) groups excluding carboxylic acids is 1. The van der Waals surface area contributed by atoms with Crippen LogP contribution in [0.1, 0.15) is 23.7 Å². The second-order valence-electron chi connectivity index (χ2n) is 3.85. The lowest BCUT2D eigenvalue weighted by Crippen LogP contribution is -2.15. The van der Waals surface area contributed by atoms with Gasteiger partial charge in [0.25, 0.3) is 0 Å². The fraction of sp³-hybridized carbons (Fsp3) is 0.462. The van der Waals surface area contributed by atoms with Gasteiger partial charge < -0.3 is 4.74 Å². The molecule has 100 valence electrons. The van der Waals surface area contributed by atoms with Gasteiger partial charge in [-0.3, -0.25) is 4.79 Å². The summed E-state index contributed by atoms with van der Waals surface area (Å²) in [4.78, 5) is 11.9. The Labute approximate surface area is 110 Å². The molecule has 1 atom stereocenters. The van der Waals surface area contributed by atoms with Crippen LogP contribution in [0.25, 0.3) is 0 Å². The Bertz CT molecular complexity index is 410. The summed E-state index contributed by atoms with van der Waals surface area (Å²) in [5, 5.41) is -0.272. The summed E-state index contributed by atoms with van der Waals surface area (Å²) in [7, 11) is 1.63. The zero-order valence-corrected chi connectivity index (χ0v) is 11.2. The largest absolute Gasteiger partial charge is 0.385 e. The number of ether oxygens (including phenoxy) is 1. The van der Waals surface area contributed by atoms with E-state index in [1.807, 2.05) is 0 Å². The minimum Gasteiger partial charge on any atom is -0.385 e. The van der Waals surface area contributed by atoms with E-state index in [1.165, 1.54) is 17.8 Å². The van der Waals surface area contributed by atoms with Crippen LogP contribution in [0, 0.1) is 11.6 Å². The van der Waals surface area contributed by atoms with Gasteiger partial charge in [-0.15, -0.1) is 0 Å². The molecule has 0 fully saturated rings. The van der Waals surface area contributed by atoms with Crippen molar-refractivity contribution < 1.29 is 18.3 Å². The maximum Gasteiger partial charge on any atom is 0.175 e. The van der Waals surface area contributed by atoms with E-state index >= 15 is 0 Å². The summed E-state index contributed by atoms with van der Waals surface area (Å²) in [5.41, 5.74) is 0.209. The standard InChI is InChI=1S/C13H16F2O2S/c1-9(18-7-3-6-17-2)13(16)10-4-5-11(14)12(15)8-10/h4-5,8-9H,3,6-7H2,1-2H3. The molecule has 1 rings (SSSR count). The molecule has 0 bridgehead atoms. The Kier molecular flexibility index (Phi) is 6.29. The van der Waals surface area contributed by atoms with E-state index in [-0.39, 0.29) is 16.6 Å². The van der Waals surface area contributed by atoms with Crippen LogP contribution in [-0.4, -0.2) is 30.5 Å². The van der Waals surface area contributed by atoms with E-state index in [0.29, 0.717) is 6.61 Å². The summed E-state index contributed by atoms with van der Waals surface area (Å²) in [6.45, 7) is 2.42. The molecule has 0 N–H and O–H groups in total. The van der Waals surface area contributed by atoms with Gasteiger partial charge in [-0.05, 0) is 37.3 Å². The van der Waals surface area contributed by atoms with Crippen molar-refractivity contribution in [2.45, 2.75) is 18.6 Å². The van der Waals surface area contributed by atoms with Gasteiger partial charge in [0.15, 0.2) is 17.4 Å². The summed E-state index contributed by atoms with van der Waals surface area (Å²) < 4.78 is 30.7. The molecule has 1 aromatic rings. The highest BCUT2D eigenvalue weighted by Gasteiger charge is 2.16. The molecule has 0 aliphatic carbocycles. The van der Waals surface area contributed by atoms with Crippen LogP contribution in [-0.2, 0) is 4.74 Å². The summed E-state index contributed by atoms with van der Waals surface area (Å²) in [5.74, 6) is -1.31. The summed E-state index contributed by atoms with van der Waals surface area (Å²) in [6, 6.07) is 3.24. The van der Waals surface area contributed by atoms with E-state index in [1.54, 1.807) is 14.0 Å². The molecule has 0 saturated carbocycles. The van der Waals surface area contributed by atoms with Gasteiger partial charge in [0.05, 0.1) is 5.25 Å². The molecule has 0 radical (unpaired) electrons. The van der Waals surface area contributed by atoms with Crippen molar-refractivity contribution in [2.75, 3.05) is 19.5 Å². The van der Waals surface area contributed by atoms with Crippen LogP contribution in [0.5, 0.6) is 0 Å². The number of Topliss-reactive ketones (excluding diaryl/α,β-unsaturated/α-hetero) is 1. The van der Waals surface area contributed by atoms with Crippen molar-refractivity contribution in [3.05, 3.63) is 35.4 Å². The van der Waals surface area contributed by atoms with Gasteiger partial charge in [0, 0.05) is 19.3 Å². The molecule has 0 saturated heterocycles. The summed E-state index contributed by atoms with van der Waals surface area (Å²) in [6.07, 6.45) is 0.858. The number of rotatable bonds is 7. The van der Waals surface area contributed by atoms with Crippen LogP contribution >= 0.6 is 11.8 Å². The number of thioether (sulfide) groups is 1. The zero-order chi connectivity index (χ0) is 13.5. The van der Waals surface area contributed by atoms with Crippen molar-refractivity contribution >= 4 is 17.5 Å². The Morgan fingerprint density at radius 2 is 2.11 bits per heavy atom. The Morgan fingerprint density at radius 1 is 1.39 bits per heavy atom. The third-order valence-corrected chi connectivity index (χ3v) is 3.67. The number of hydrogen-bond acceptors (Lipinski definition) is 3. The molecule has 0 spiro atoms. The minimum absolute atomic E-state index is 0.184. The molecular weight excluding hydrogens is 258 g/mol. The molecule has 18 heavy (non-hydrogen) atoms. The van der Waals surface area contributed by atoms with Crippen LogP contribution in [0.15, 0.2) is 18.2 Å². The van der Waals surface area contributed by atoms with Crippen LogP contribution < -0.4 is 0 Å². The maximum atomic E-state index is 13.0. The predicted octanol–water partition coefficient (Wildman–Crippen LogP) is 3.31. The fourth-order valence-electron chi connectivity index (χ4n) is 1.42. The van der Waals surface area contributed by atoms with E-state index < -0.39 is 11.6 Å². The fourth-order valence-corrected chi connectivity index (χ4v) is 2.35. The molecular formula is C13H16F2O2S. The van der Waals surface area contributed by atoms with Gasteiger partial charge in [-0.2, -0.15) is 11.8 Å². The number of halogens is 2. The Balaban J connectivity index is 2.54. The highest BCUT2D eigenvalue weighted by atomic mass is 32.2. The highest BCUT2D eigenvalue weighted by Crippen LogP contribution is 2.18. The first-order valence-electron chi connectivity index (χ1n) is 5.66. The van der Waals surface area contributed by atoms with Gasteiger partial charge in [0.2, 0.25) is 0 Å². The molecule has 0 aliphatic rings. The first-order valence-corrected chi connectivity index (χ1v) is 6.71. The van der Waals surface area contributed by atoms with Gasteiger partial charge in [-0.25, -0.2) is 8.78 Å². The molecule has 0 heterocycles. The van der Waals surface area contributed by atoms with Crippen molar-refractivity contribution in [3.8, 4) is 0 Å². The number of hydrogen-bond donors (Lipinski definition) is 0. The number of carbonyl (C=O) groups is 1. The zero-order valence-electron chi connectivity index (χ0n) is 10.4. The van der Waals surface area contributed by atoms with Gasteiger partial charge in [-0.1, -0.05) is 0 Å². The van der Waals surface area contributed by atoms with Crippen molar-refractivity contribution in [3.63, 3.8) is 0 Å². The Morgan fingerprint density at radius 3 is 2.72 bits per heavy atom. The SMILES string of the molecule is COCCCSC(C)C(=O)c1ccc(F)c(F)c1. The van der Waals surface area contributed by atoms with E-state index in [4.69, 9.17) is 4.74 Å². The first kappa shape index (κ1) is 15.1. The lowest BCUT2D eigenvalue weighted by molar-refractivity contribution is 0.0993. The predicted molar refractivity (Wildman–Crippen MR) is 69.1 cm³/mol. The van der Waals surface area contributed by atoms with E-state index in [2.05, 4.69) is 0 Å².